The minimum absolute atomic E-state index is 0.417. The highest BCUT2D eigenvalue weighted by molar-refractivity contribution is 5.17. The van der Waals surface area contributed by atoms with Crippen LogP contribution in [0.25, 0.3) is 0 Å². The third-order valence-electron chi connectivity index (χ3n) is 3.24. The monoisotopic (exact) mass is 234 g/mol. The Bertz CT molecular complexity index is 309. The SMILES string of the molecule is CC(NCCC1COCCN1)c1ccccc1. The van der Waals surface area contributed by atoms with E-state index in [-0.39, 0.29) is 0 Å². The predicted molar refractivity (Wildman–Crippen MR) is 70.1 cm³/mol. The summed E-state index contributed by atoms with van der Waals surface area (Å²) in [6, 6.07) is 11.5. The van der Waals surface area contributed by atoms with Crippen LogP contribution < -0.4 is 10.6 Å². The van der Waals surface area contributed by atoms with Gasteiger partial charge in [-0.1, -0.05) is 30.3 Å². The first-order valence-electron chi connectivity index (χ1n) is 6.46. The number of rotatable bonds is 5. The van der Waals surface area contributed by atoms with Gasteiger partial charge in [-0.3, -0.25) is 0 Å². The smallest absolute Gasteiger partial charge is 0.0620 e. The molecule has 1 aromatic rings. The molecule has 0 radical (unpaired) electrons. The van der Waals surface area contributed by atoms with Crippen LogP contribution in [0.4, 0.5) is 0 Å². The van der Waals surface area contributed by atoms with Crippen LogP contribution in [0.2, 0.25) is 0 Å². The first-order chi connectivity index (χ1) is 8.36. The van der Waals surface area contributed by atoms with Gasteiger partial charge in [-0.2, -0.15) is 0 Å². The molecular formula is C14H22N2O. The van der Waals surface area contributed by atoms with E-state index in [1.54, 1.807) is 0 Å². The van der Waals surface area contributed by atoms with Gasteiger partial charge in [0.1, 0.15) is 0 Å². The minimum atomic E-state index is 0.417. The fourth-order valence-electron chi connectivity index (χ4n) is 2.14. The van der Waals surface area contributed by atoms with Gasteiger partial charge in [0.15, 0.2) is 0 Å². The molecule has 0 spiro atoms. The van der Waals surface area contributed by atoms with Crippen molar-refractivity contribution in [3.63, 3.8) is 0 Å². The van der Waals surface area contributed by atoms with E-state index in [1.165, 1.54) is 5.56 Å². The van der Waals surface area contributed by atoms with E-state index in [0.717, 1.165) is 32.7 Å². The third-order valence-corrected chi connectivity index (χ3v) is 3.24. The van der Waals surface area contributed by atoms with E-state index < -0.39 is 0 Å². The Morgan fingerprint density at radius 1 is 1.41 bits per heavy atom. The maximum Gasteiger partial charge on any atom is 0.0620 e. The van der Waals surface area contributed by atoms with Crippen LogP contribution in [0.1, 0.15) is 24.9 Å². The average Bonchev–Trinajstić information content (AvgIpc) is 2.41. The van der Waals surface area contributed by atoms with Crippen molar-refractivity contribution in [2.75, 3.05) is 26.3 Å². The van der Waals surface area contributed by atoms with Crippen LogP contribution in [-0.2, 0) is 4.74 Å². The van der Waals surface area contributed by atoms with Gasteiger partial charge in [0, 0.05) is 18.6 Å². The van der Waals surface area contributed by atoms with E-state index in [0.29, 0.717) is 12.1 Å². The Morgan fingerprint density at radius 2 is 2.24 bits per heavy atom. The van der Waals surface area contributed by atoms with E-state index in [2.05, 4.69) is 47.9 Å². The number of ether oxygens (including phenoxy) is 1. The summed E-state index contributed by atoms with van der Waals surface area (Å²) in [5.41, 5.74) is 1.35. The second kappa shape index (κ2) is 6.74. The molecule has 3 nitrogen and oxygen atoms in total. The first kappa shape index (κ1) is 12.6. The van der Waals surface area contributed by atoms with Crippen molar-refractivity contribution in [1.82, 2.24) is 10.6 Å². The molecule has 0 bridgehead atoms. The van der Waals surface area contributed by atoms with Crippen LogP contribution >= 0.6 is 0 Å². The Hall–Kier alpha value is -0.900. The molecular weight excluding hydrogens is 212 g/mol. The summed E-state index contributed by atoms with van der Waals surface area (Å²) in [7, 11) is 0. The lowest BCUT2D eigenvalue weighted by atomic mass is 10.1. The number of hydrogen-bond donors (Lipinski definition) is 2. The largest absolute Gasteiger partial charge is 0.379 e. The van der Waals surface area contributed by atoms with Gasteiger partial charge >= 0.3 is 0 Å². The summed E-state index contributed by atoms with van der Waals surface area (Å²) in [6.45, 7) is 5.92. The fourth-order valence-corrected chi connectivity index (χ4v) is 2.14. The Morgan fingerprint density at radius 3 is 2.94 bits per heavy atom. The van der Waals surface area contributed by atoms with Crippen molar-refractivity contribution in [3.05, 3.63) is 35.9 Å². The molecule has 1 aliphatic heterocycles. The second-order valence-corrected chi connectivity index (χ2v) is 4.60. The van der Waals surface area contributed by atoms with E-state index in [9.17, 15) is 0 Å². The summed E-state index contributed by atoms with van der Waals surface area (Å²) in [5.74, 6) is 0. The normalized spacial score (nSPS) is 22.3. The van der Waals surface area contributed by atoms with Crippen molar-refractivity contribution in [1.29, 1.82) is 0 Å². The molecule has 17 heavy (non-hydrogen) atoms. The quantitative estimate of drug-likeness (QED) is 0.814. The molecule has 2 atom stereocenters. The van der Waals surface area contributed by atoms with Gasteiger partial charge in [0.2, 0.25) is 0 Å². The van der Waals surface area contributed by atoms with Gasteiger partial charge < -0.3 is 15.4 Å². The lowest BCUT2D eigenvalue weighted by Gasteiger charge is -2.24. The van der Waals surface area contributed by atoms with Crippen molar-refractivity contribution < 1.29 is 4.74 Å². The lowest BCUT2D eigenvalue weighted by Crippen LogP contribution is -2.42. The zero-order valence-corrected chi connectivity index (χ0v) is 10.5. The predicted octanol–water partition coefficient (Wildman–Crippen LogP) is 1.72. The highest BCUT2D eigenvalue weighted by atomic mass is 16.5. The number of morpholine rings is 1. The Balaban J connectivity index is 1.67. The molecule has 1 fully saturated rings. The summed E-state index contributed by atoms with van der Waals surface area (Å²) in [4.78, 5) is 0. The molecule has 1 heterocycles. The lowest BCUT2D eigenvalue weighted by molar-refractivity contribution is 0.0740. The molecule has 2 unspecified atom stereocenters. The van der Waals surface area contributed by atoms with E-state index in [4.69, 9.17) is 4.74 Å². The molecule has 3 heteroatoms. The highest BCUT2D eigenvalue weighted by Gasteiger charge is 2.12. The molecule has 2 rings (SSSR count). The van der Waals surface area contributed by atoms with Crippen LogP contribution in [0.5, 0.6) is 0 Å². The van der Waals surface area contributed by atoms with Crippen LogP contribution in [0.15, 0.2) is 30.3 Å². The van der Waals surface area contributed by atoms with Crippen LogP contribution in [0.3, 0.4) is 0 Å². The van der Waals surface area contributed by atoms with E-state index in [1.807, 2.05) is 0 Å². The average molecular weight is 234 g/mol. The molecule has 94 valence electrons. The molecule has 1 aromatic carbocycles. The molecule has 2 N–H and O–H groups in total. The number of hydrogen-bond acceptors (Lipinski definition) is 3. The Labute approximate surface area is 104 Å². The van der Waals surface area contributed by atoms with Crippen molar-refractivity contribution in [2.45, 2.75) is 25.4 Å². The summed E-state index contributed by atoms with van der Waals surface area (Å²) < 4.78 is 5.43. The van der Waals surface area contributed by atoms with Gasteiger partial charge in [-0.25, -0.2) is 0 Å². The summed E-state index contributed by atoms with van der Waals surface area (Å²) >= 11 is 0. The summed E-state index contributed by atoms with van der Waals surface area (Å²) in [5, 5.41) is 7.02. The van der Waals surface area contributed by atoms with Gasteiger partial charge in [0.25, 0.3) is 0 Å². The second-order valence-electron chi connectivity index (χ2n) is 4.60. The maximum atomic E-state index is 5.43. The van der Waals surface area contributed by atoms with Crippen LogP contribution in [-0.4, -0.2) is 32.3 Å². The molecule has 0 saturated carbocycles. The minimum Gasteiger partial charge on any atom is -0.379 e. The maximum absolute atomic E-state index is 5.43. The van der Waals surface area contributed by atoms with Gasteiger partial charge in [-0.15, -0.1) is 0 Å². The molecule has 1 aliphatic rings. The molecule has 0 aliphatic carbocycles. The van der Waals surface area contributed by atoms with Crippen LogP contribution in [0, 0.1) is 0 Å². The number of benzene rings is 1. The van der Waals surface area contributed by atoms with Crippen molar-refractivity contribution >= 4 is 0 Å². The zero-order chi connectivity index (χ0) is 11.9. The topological polar surface area (TPSA) is 33.3 Å². The standard InChI is InChI=1S/C14H22N2O/c1-12(13-5-3-2-4-6-13)15-8-7-14-11-17-10-9-16-14/h2-6,12,14-16H,7-11H2,1H3. The Kier molecular flexibility index (Phi) is 4.98. The molecule has 0 amide bonds. The fraction of sp³-hybridized carbons (Fsp3) is 0.571. The number of nitrogens with one attached hydrogen (secondary N) is 2. The van der Waals surface area contributed by atoms with Gasteiger partial charge in [-0.05, 0) is 25.5 Å². The van der Waals surface area contributed by atoms with Crippen molar-refractivity contribution in [3.8, 4) is 0 Å². The third kappa shape index (κ3) is 4.11. The molecule has 1 saturated heterocycles. The van der Waals surface area contributed by atoms with Gasteiger partial charge in [0.05, 0.1) is 13.2 Å². The summed E-state index contributed by atoms with van der Waals surface area (Å²) in [6.07, 6.45) is 1.12. The van der Waals surface area contributed by atoms with Crippen molar-refractivity contribution in [2.24, 2.45) is 0 Å². The first-order valence-corrected chi connectivity index (χ1v) is 6.46. The van der Waals surface area contributed by atoms with E-state index >= 15 is 0 Å². The molecule has 0 aromatic heterocycles. The zero-order valence-electron chi connectivity index (χ0n) is 10.5. The highest BCUT2D eigenvalue weighted by Crippen LogP contribution is 2.11.